The quantitative estimate of drug-likeness (QED) is 0.664. The van der Waals surface area contributed by atoms with E-state index in [0.717, 1.165) is 35.1 Å². The number of anilines is 1. The third-order valence-electron chi connectivity index (χ3n) is 4.78. The number of imidazole rings is 1. The van der Waals surface area contributed by atoms with Crippen LogP contribution in [0.2, 0.25) is 0 Å². The third kappa shape index (κ3) is 3.58. The summed E-state index contributed by atoms with van der Waals surface area (Å²) in [5, 5.41) is 2.75. The van der Waals surface area contributed by atoms with Crippen molar-refractivity contribution in [3.05, 3.63) is 59.9 Å². The lowest BCUT2D eigenvalue weighted by Crippen LogP contribution is -2.37. The predicted octanol–water partition coefficient (Wildman–Crippen LogP) is 2.55. The summed E-state index contributed by atoms with van der Waals surface area (Å²) < 4.78 is 26.8. The van der Waals surface area contributed by atoms with E-state index in [4.69, 9.17) is 0 Å². The van der Waals surface area contributed by atoms with E-state index in [9.17, 15) is 18.4 Å². The van der Waals surface area contributed by atoms with Crippen LogP contribution >= 0.6 is 0 Å². The molecule has 1 aromatic heterocycles. The van der Waals surface area contributed by atoms with E-state index >= 15 is 0 Å². The number of benzene rings is 2. The van der Waals surface area contributed by atoms with Gasteiger partial charge >= 0.3 is 0 Å². The Kier molecular flexibility index (Phi) is 4.77. The first-order valence-electron chi connectivity index (χ1n) is 9.00. The number of aromatic amines is 1. The zero-order chi connectivity index (χ0) is 19.7. The Morgan fingerprint density at radius 1 is 1.21 bits per heavy atom. The van der Waals surface area contributed by atoms with Gasteiger partial charge in [0.25, 0.3) is 0 Å². The molecule has 4 rings (SSSR count). The number of amides is 2. The number of hydrogen-bond acceptors (Lipinski definition) is 3. The minimum absolute atomic E-state index is 0.125. The molecule has 0 bridgehead atoms. The SMILES string of the molecule is O=C(NCCc1nc2ccccc2[nH]1)C1CCN(c2cc(F)cc(F)c2)C1=O. The number of nitrogens with zero attached hydrogens (tertiary/aromatic N) is 2. The van der Waals surface area contributed by atoms with Crippen LogP contribution in [0.4, 0.5) is 14.5 Å². The van der Waals surface area contributed by atoms with Gasteiger partial charge in [-0.25, -0.2) is 13.8 Å². The van der Waals surface area contributed by atoms with Crippen molar-refractivity contribution in [2.24, 2.45) is 5.92 Å². The van der Waals surface area contributed by atoms with Crippen molar-refractivity contribution in [3.63, 3.8) is 0 Å². The largest absolute Gasteiger partial charge is 0.355 e. The van der Waals surface area contributed by atoms with Gasteiger partial charge < -0.3 is 15.2 Å². The minimum atomic E-state index is -0.859. The molecule has 1 saturated heterocycles. The number of rotatable bonds is 5. The van der Waals surface area contributed by atoms with Crippen molar-refractivity contribution >= 4 is 28.5 Å². The number of aromatic nitrogens is 2. The molecule has 3 aromatic rings. The van der Waals surface area contributed by atoms with Crippen molar-refractivity contribution in [2.45, 2.75) is 12.8 Å². The first-order chi connectivity index (χ1) is 13.5. The number of carbonyl (C=O) groups is 2. The zero-order valence-electron chi connectivity index (χ0n) is 14.9. The van der Waals surface area contributed by atoms with E-state index in [1.54, 1.807) is 0 Å². The van der Waals surface area contributed by atoms with Gasteiger partial charge in [0.1, 0.15) is 23.4 Å². The van der Waals surface area contributed by atoms with Crippen molar-refractivity contribution in [3.8, 4) is 0 Å². The van der Waals surface area contributed by atoms with Gasteiger partial charge in [0.15, 0.2) is 0 Å². The molecule has 28 heavy (non-hydrogen) atoms. The van der Waals surface area contributed by atoms with Crippen LogP contribution in [0.15, 0.2) is 42.5 Å². The van der Waals surface area contributed by atoms with Crippen molar-refractivity contribution < 1.29 is 18.4 Å². The van der Waals surface area contributed by atoms with Crippen LogP contribution in [0.25, 0.3) is 11.0 Å². The Morgan fingerprint density at radius 2 is 1.96 bits per heavy atom. The molecule has 1 aliphatic heterocycles. The molecule has 0 radical (unpaired) electrons. The average Bonchev–Trinajstić information content (AvgIpc) is 3.23. The summed E-state index contributed by atoms with van der Waals surface area (Å²) in [5.41, 5.74) is 1.90. The van der Waals surface area contributed by atoms with Gasteiger partial charge in [-0.05, 0) is 30.7 Å². The maximum atomic E-state index is 13.4. The Hall–Kier alpha value is -3.29. The van der Waals surface area contributed by atoms with Crippen molar-refractivity contribution in [1.29, 1.82) is 0 Å². The predicted molar refractivity (Wildman–Crippen MR) is 99.6 cm³/mol. The molecule has 2 aromatic carbocycles. The number of H-pyrrole nitrogens is 1. The van der Waals surface area contributed by atoms with Gasteiger partial charge in [0, 0.05) is 31.3 Å². The molecule has 0 saturated carbocycles. The van der Waals surface area contributed by atoms with Crippen LogP contribution in [-0.4, -0.2) is 34.9 Å². The first kappa shape index (κ1) is 18.1. The highest BCUT2D eigenvalue weighted by Gasteiger charge is 2.37. The topological polar surface area (TPSA) is 78.1 Å². The lowest BCUT2D eigenvalue weighted by molar-refractivity contribution is -0.132. The van der Waals surface area contributed by atoms with Gasteiger partial charge in [-0.1, -0.05) is 12.1 Å². The summed E-state index contributed by atoms with van der Waals surface area (Å²) in [6, 6.07) is 10.5. The molecule has 1 fully saturated rings. The second-order valence-electron chi connectivity index (χ2n) is 6.70. The van der Waals surface area contributed by atoms with Crippen LogP contribution in [0.1, 0.15) is 12.2 Å². The van der Waals surface area contributed by atoms with E-state index in [2.05, 4.69) is 15.3 Å². The maximum Gasteiger partial charge on any atom is 0.239 e. The van der Waals surface area contributed by atoms with E-state index < -0.39 is 23.5 Å². The van der Waals surface area contributed by atoms with Crippen molar-refractivity contribution in [2.75, 3.05) is 18.0 Å². The highest BCUT2D eigenvalue weighted by Crippen LogP contribution is 2.26. The van der Waals surface area contributed by atoms with E-state index in [0.29, 0.717) is 19.4 Å². The summed E-state index contributed by atoms with van der Waals surface area (Å²) in [5.74, 6) is -2.48. The molecule has 2 N–H and O–H groups in total. The number of para-hydroxylation sites is 2. The highest BCUT2D eigenvalue weighted by atomic mass is 19.1. The summed E-state index contributed by atoms with van der Waals surface area (Å²) in [4.78, 5) is 33.8. The lowest BCUT2D eigenvalue weighted by atomic mass is 10.1. The minimum Gasteiger partial charge on any atom is -0.355 e. The molecule has 0 spiro atoms. The molecule has 144 valence electrons. The fourth-order valence-electron chi connectivity index (χ4n) is 3.43. The summed E-state index contributed by atoms with van der Waals surface area (Å²) in [6.07, 6.45) is 0.799. The van der Waals surface area contributed by atoms with E-state index in [-0.39, 0.29) is 18.1 Å². The summed E-state index contributed by atoms with van der Waals surface area (Å²) in [7, 11) is 0. The van der Waals surface area contributed by atoms with Gasteiger partial charge in [-0.3, -0.25) is 9.59 Å². The molecule has 2 heterocycles. The second-order valence-corrected chi connectivity index (χ2v) is 6.70. The molecular formula is C20H18F2N4O2. The molecule has 0 aliphatic carbocycles. The number of hydrogen-bond donors (Lipinski definition) is 2. The smallest absolute Gasteiger partial charge is 0.239 e. The number of fused-ring (bicyclic) bond motifs is 1. The highest BCUT2D eigenvalue weighted by molar-refractivity contribution is 6.09. The number of nitrogens with one attached hydrogen (secondary N) is 2. The Morgan fingerprint density at radius 3 is 2.71 bits per heavy atom. The lowest BCUT2D eigenvalue weighted by Gasteiger charge is -2.17. The summed E-state index contributed by atoms with van der Waals surface area (Å²) >= 11 is 0. The van der Waals surface area contributed by atoms with Gasteiger partial charge in [-0.2, -0.15) is 0 Å². The van der Waals surface area contributed by atoms with Crippen molar-refractivity contribution in [1.82, 2.24) is 15.3 Å². The summed E-state index contributed by atoms with van der Waals surface area (Å²) in [6.45, 7) is 0.570. The van der Waals surface area contributed by atoms with Crippen LogP contribution in [0.5, 0.6) is 0 Å². The fourth-order valence-corrected chi connectivity index (χ4v) is 3.43. The van der Waals surface area contributed by atoms with Gasteiger partial charge in [0.05, 0.1) is 11.0 Å². The molecular weight excluding hydrogens is 366 g/mol. The van der Waals surface area contributed by atoms with Crippen LogP contribution in [0.3, 0.4) is 0 Å². The Bertz CT molecular complexity index is 996. The second kappa shape index (κ2) is 7.38. The Balaban J connectivity index is 1.35. The zero-order valence-corrected chi connectivity index (χ0v) is 14.9. The molecule has 2 amide bonds. The monoisotopic (exact) mass is 384 g/mol. The van der Waals surface area contributed by atoms with E-state index in [1.807, 2.05) is 24.3 Å². The fraction of sp³-hybridized carbons (Fsp3) is 0.250. The van der Waals surface area contributed by atoms with Crippen LogP contribution < -0.4 is 10.2 Å². The molecule has 8 heteroatoms. The number of carbonyl (C=O) groups excluding carboxylic acids is 2. The average molecular weight is 384 g/mol. The maximum absolute atomic E-state index is 13.4. The Labute approximate surface area is 159 Å². The first-order valence-corrected chi connectivity index (χ1v) is 9.00. The molecule has 6 nitrogen and oxygen atoms in total. The van der Waals surface area contributed by atoms with Gasteiger partial charge in [-0.15, -0.1) is 0 Å². The van der Waals surface area contributed by atoms with Gasteiger partial charge in [0.2, 0.25) is 11.8 Å². The van der Waals surface area contributed by atoms with E-state index in [1.165, 1.54) is 4.90 Å². The molecule has 1 aliphatic rings. The third-order valence-corrected chi connectivity index (χ3v) is 4.78. The number of halogens is 2. The molecule has 1 unspecified atom stereocenters. The van der Waals surface area contributed by atoms with Crippen LogP contribution in [0, 0.1) is 17.6 Å². The molecule has 1 atom stereocenters. The normalized spacial score (nSPS) is 16.7. The standard InChI is InChI=1S/C20H18F2N4O2/c21-12-9-13(22)11-14(10-12)26-8-6-15(20(26)28)19(27)23-7-5-18-24-16-3-1-2-4-17(16)25-18/h1-4,9-11,15H,5-8H2,(H,23,27)(H,24,25). The van der Waals surface area contributed by atoms with Crippen LogP contribution in [-0.2, 0) is 16.0 Å².